The maximum atomic E-state index is 9.44. The average molecular weight is 258 g/mol. The van der Waals surface area contributed by atoms with Crippen molar-refractivity contribution in [1.82, 2.24) is 4.90 Å². The maximum Gasteiger partial charge on any atom is 0.0683 e. The van der Waals surface area contributed by atoms with Crippen molar-refractivity contribution in [2.24, 2.45) is 11.8 Å². The average Bonchev–Trinajstić information content (AvgIpc) is 2.34. The second-order valence-electron chi connectivity index (χ2n) is 6.13. The minimum Gasteiger partial charge on any atom is -0.301 e. The van der Waals surface area contributed by atoms with Gasteiger partial charge in [-0.05, 0) is 37.1 Å². The zero-order valence-electron chi connectivity index (χ0n) is 13.0. The van der Waals surface area contributed by atoms with Crippen molar-refractivity contribution < 1.29 is 0 Å². The van der Waals surface area contributed by atoms with Crippen LogP contribution in [0.5, 0.6) is 0 Å². The lowest BCUT2D eigenvalue weighted by molar-refractivity contribution is 0.210. The minimum atomic E-state index is 0.0138. The highest BCUT2D eigenvalue weighted by atomic mass is 15.1. The molecule has 1 rings (SSSR count). The van der Waals surface area contributed by atoms with Crippen LogP contribution in [0.4, 0.5) is 0 Å². The summed E-state index contributed by atoms with van der Waals surface area (Å²) in [6.07, 6.45) is 0. The molecule has 0 N–H and O–H groups in total. The van der Waals surface area contributed by atoms with Crippen LogP contribution in [0, 0.1) is 23.2 Å². The summed E-state index contributed by atoms with van der Waals surface area (Å²) < 4.78 is 0. The molecule has 2 nitrogen and oxygen atoms in total. The molecule has 0 saturated heterocycles. The molecule has 1 aromatic rings. The fraction of sp³-hybridized carbons (Fsp3) is 0.588. The summed E-state index contributed by atoms with van der Waals surface area (Å²) in [5, 5.41) is 9.44. The minimum absolute atomic E-state index is 0.0138. The predicted octanol–water partition coefficient (Wildman–Crippen LogP) is 4.21. The third kappa shape index (κ3) is 3.81. The van der Waals surface area contributed by atoms with E-state index in [2.05, 4.69) is 62.9 Å². The maximum absolute atomic E-state index is 9.44. The molecule has 19 heavy (non-hydrogen) atoms. The van der Waals surface area contributed by atoms with E-state index in [1.807, 2.05) is 14.1 Å². The Balaban J connectivity index is 3.10. The van der Waals surface area contributed by atoms with Crippen molar-refractivity contribution >= 4 is 0 Å². The van der Waals surface area contributed by atoms with E-state index in [0.29, 0.717) is 11.8 Å². The van der Waals surface area contributed by atoms with Crippen LogP contribution in [0.1, 0.15) is 50.8 Å². The molecule has 0 radical (unpaired) electrons. The van der Waals surface area contributed by atoms with Gasteiger partial charge in [-0.1, -0.05) is 52.0 Å². The highest BCUT2D eigenvalue weighted by Gasteiger charge is 2.27. The Kier molecular flexibility index (Phi) is 5.57. The standard InChI is InChI=1S/C17H26N2/c1-12(2)14-7-9-15(10-8-14)17(19(5)6)16(11-18)13(3)4/h7-10,12-13,16-17H,1-6H3. The summed E-state index contributed by atoms with van der Waals surface area (Å²) in [5.74, 6) is 0.908. The molecule has 0 heterocycles. The van der Waals surface area contributed by atoms with Crippen LogP contribution < -0.4 is 0 Å². The van der Waals surface area contributed by atoms with Crippen LogP contribution >= 0.6 is 0 Å². The monoisotopic (exact) mass is 258 g/mol. The Morgan fingerprint density at radius 3 is 1.74 bits per heavy atom. The van der Waals surface area contributed by atoms with Gasteiger partial charge in [-0.15, -0.1) is 0 Å². The van der Waals surface area contributed by atoms with Gasteiger partial charge in [-0.3, -0.25) is 0 Å². The van der Waals surface area contributed by atoms with Crippen LogP contribution in [-0.4, -0.2) is 19.0 Å². The van der Waals surface area contributed by atoms with Gasteiger partial charge in [-0.2, -0.15) is 5.26 Å². The fourth-order valence-electron chi connectivity index (χ4n) is 2.49. The van der Waals surface area contributed by atoms with Crippen LogP contribution in [-0.2, 0) is 0 Å². The zero-order valence-corrected chi connectivity index (χ0v) is 13.0. The largest absolute Gasteiger partial charge is 0.301 e. The van der Waals surface area contributed by atoms with E-state index in [9.17, 15) is 5.26 Å². The summed E-state index contributed by atoms with van der Waals surface area (Å²) in [7, 11) is 4.10. The van der Waals surface area contributed by atoms with E-state index < -0.39 is 0 Å². The van der Waals surface area contributed by atoms with Gasteiger partial charge in [0.15, 0.2) is 0 Å². The molecule has 0 spiro atoms. The molecule has 0 fully saturated rings. The Bertz CT molecular complexity index is 424. The quantitative estimate of drug-likeness (QED) is 0.791. The number of nitriles is 1. The zero-order chi connectivity index (χ0) is 14.6. The molecule has 1 aromatic carbocycles. The number of hydrogen-bond acceptors (Lipinski definition) is 2. The lowest BCUT2D eigenvalue weighted by Crippen LogP contribution is -2.29. The first-order chi connectivity index (χ1) is 8.88. The molecule has 2 unspecified atom stereocenters. The molecule has 0 aliphatic heterocycles. The second-order valence-corrected chi connectivity index (χ2v) is 6.13. The number of benzene rings is 1. The molecule has 2 heteroatoms. The molecule has 2 atom stereocenters. The summed E-state index contributed by atoms with van der Waals surface area (Å²) in [4.78, 5) is 2.15. The van der Waals surface area contributed by atoms with Gasteiger partial charge in [0.2, 0.25) is 0 Å². The Morgan fingerprint density at radius 1 is 0.947 bits per heavy atom. The Morgan fingerprint density at radius 2 is 1.42 bits per heavy atom. The topological polar surface area (TPSA) is 27.0 Å². The molecular weight excluding hydrogens is 232 g/mol. The van der Waals surface area contributed by atoms with Crippen molar-refractivity contribution in [3.05, 3.63) is 35.4 Å². The van der Waals surface area contributed by atoms with E-state index in [0.717, 1.165) is 0 Å². The second kappa shape index (κ2) is 6.73. The highest BCUT2D eigenvalue weighted by molar-refractivity contribution is 5.28. The van der Waals surface area contributed by atoms with Crippen LogP contribution in [0.3, 0.4) is 0 Å². The summed E-state index contributed by atoms with van der Waals surface area (Å²) in [5.41, 5.74) is 2.58. The van der Waals surface area contributed by atoms with Gasteiger partial charge < -0.3 is 4.90 Å². The summed E-state index contributed by atoms with van der Waals surface area (Å²) in [6, 6.07) is 11.4. The van der Waals surface area contributed by atoms with Crippen molar-refractivity contribution in [3.63, 3.8) is 0 Å². The van der Waals surface area contributed by atoms with E-state index in [1.54, 1.807) is 0 Å². The van der Waals surface area contributed by atoms with Crippen LogP contribution in [0.2, 0.25) is 0 Å². The Labute approximate surface area is 118 Å². The van der Waals surface area contributed by atoms with Crippen molar-refractivity contribution in [3.8, 4) is 6.07 Å². The van der Waals surface area contributed by atoms with Crippen molar-refractivity contribution in [2.75, 3.05) is 14.1 Å². The molecule has 104 valence electrons. The third-order valence-electron chi connectivity index (χ3n) is 3.71. The van der Waals surface area contributed by atoms with Gasteiger partial charge >= 0.3 is 0 Å². The van der Waals surface area contributed by atoms with Gasteiger partial charge in [0, 0.05) is 0 Å². The molecule has 0 bridgehead atoms. The molecular formula is C17H26N2. The van der Waals surface area contributed by atoms with Gasteiger partial charge in [-0.25, -0.2) is 0 Å². The fourth-order valence-corrected chi connectivity index (χ4v) is 2.49. The van der Waals surface area contributed by atoms with Gasteiger partial charge in [0.25, 0.3) is 0 Å². The molecule has 0 saturated carbocycles. The summed E-state index contributed by atoms with van der Waals surface area (Å²) in [6.45, 7) is 8.63. The smallest absolute Gasteiger partial charge is 0.0683 e. The van der Waals surface area contributed by atoms with Crippen molar-refractivity contribution in [2.45, 2.75) is 39.7 Å². The van der Waals surface area contributed by atoms with E-state index in [-0.39, 0.29) is 12.0 Å². The van der Waals surface area contributed by atoms with E-state index in [1.165, 1.54) is 11.1 Å². The third-order valence-corrected chi connectivity index (χ3v) is 3.71. The highest BCUT2D eigenvalue weighted by Crippen LogP contribution is 2.32. The molecule has 0 aliphatic rings. The van der Waals surface area contributed by atoms with E-state index in [4.69, 9.17) is 0 Å². The lowest BCUT2D eigenvalue weighted by Gasteiger charge is -2.31. The molecule has 0 amide bonds. The first-order valence-corrected chi connectivity index (χ1v) is 7.04. The number of hydrogen-bond donors (Lipinski definition) is 0. The van der Waals surface area contributed by atoms with Crippen LogP contribution in [0.25, 0.3) is 0 Å². The Hall–Kier alpha value is -1.33. The van der Waals surface area contributed by atoms with Crippen molar-refractivity contribution in [1.29, 1.82) is 5.26 Å². The number of nitrogens with zero attached hydrogens (tertiary/aromatic N) is 2. The van der Waals surface area contributed by atoms with Gasteiger partial charge in [0.1, 0.15) is 0 Å². The SMILES string of the molecule is CC(C)c1ccc(C(C(C#N)C(C)C)N(C)C)cc1. The molecule has 0 aliphatic carbocycles. The summed E-state index contributed by atoms with van der Waals surface area (Å²) >= 11 is 0. The normalized spacial score (nSPS) is 14.7. The van der Waals surface area contributed by atoms with Crippen LogP contribution in [0.15, 0.2) is 24.3 Å². The lowest BCUT2D eigenvalue weighted by atomic mass is 9.84. The molecule has 0 aromatic heterocycles. The first kappa shape index (κ1) is 15.7. The van der Waals surface area contributed by atoms with E-state index >= 15 is 0 Å². The number of rotatable bonds is 5. The van der Waals surface area contributed by atoms with Gasteiger partial charge in [0.05, 0.1) is 18.0 Å². The predicted molar refractivity (Wildman–Crippen MR) is 80.9 cm³/mol. The first-order valence-electron chi connectivity index (χ1n) is 7.04.